The Morgan fingerprint density at radius 3 is 2.82 bits per heavy atom. The van der Waals surface area contributed by atoms with E-state index in [1.54, 1.807) is 0 Å². The third-order valence-corrected chi connectivity index (χ3v) is 3.35. The first kappa shape index (κ1) is 7.56. The molecule has 0 bridgehead atoms. The molecule has 2 aliphatic rings. The maximum atomic E-state index is 9.91. The van der Waals surface area contributed by atoms with Crippen LogP contribution in [0.5, 0.6) is 0 Å². The van der Waals surface area contributed by atoms with E-state index in [2.05, 4.69) is 6.92 Å². The van der Waals surface area contributed by atoms with Crippen LogP contribution in [0.2, 0.25) is 0 Å². The van der Waals surface area contributed by atoms with Gasteiger partial charge in [-0.05, 0) is 26.2 Å². The highest BCUT2D eigenvalue weighted by Crippen LogP contribution is 2.51. The summed E-state index contributed by atoms with van der Waals surface area (Å²) in [6.07, 6.45) is 4.00. The van der Waals surface area contributed by atoms with Gasteiger partial charge in [0.25, 0.3) is 0 Å². The second-order valence-electron chi connectivity index (χ2n) is 4.20. The van der Waals surface area contributed by atoms with Crippen molar-refractivity contribution in [1.29, 1.82) is 0 Å². The van der Waals surface area contributed by atoms with Crippen molar-refractivity contribution in [3.63, 3.8) is 0 Å². The van der Waals surface area contributed by atoms with E-state index in [9.17, 15) is 5.11 Å². The Morgan fingerprint density at radius 1 is 1.55 bits per heavy atom. The summed E-state index contributed by atoms with van der Waals surface area (Å²) in [5.74, 6) is 0. The fraction of sp³-hybridized carbons (Fsp3) is 1.00. The van der Waals surface area contributed by atoms with Gasteiger partial charge in [-0.2, -0.15) is 0 Å². The molecule has 0 amide bonds. The smallest absolute Gasteiger partial charge is 0.0922 e. The Balaban J connectivity index is 2.02. The van der Waals surface area contributed by atoms with Crippen LogP contribution in [0.15, 0.2) is 0 Å². The van der Waals surface area contributed by atoms with Crippen molar-refractivity contribution in [3.05, 3.63) is 0 Å². The highest BCUT2D eigenvalue weighted by Gasteiger charge is 2.58. The summed E-state index contributed by atoms with van der Waals surface area (Å²) < 4.78 is 5.50. The third-order valence-electron chi connectivity index (χ3n) is 3.35. The Hall–Kier alpha value is -0.0800. The fourth-order valence-electron chi connectivity index (χ4n) is 2.02. The third kappa shape index (κ3) is 1.09. The van der Waals surface area contributed by atoms with Gasteiger partial charge in [-0.15, -0.1) is 0 Å². The maximum Gasteiger partial charge on any atom is 0.0922 e. The molecule has 64 valence electrons. The molecule has 0 radical (unpaired) electrons. The Bertz CT molecular complexity index is 180. The molecule has 1 saturated carbocycles. The van der Waals surface area contributed by atoms with Gasteiger partial charge in [0.15, 0.2) is 0 Å². The van der Waals surface area contributed by atoms with Gasteiger partial charge in [-0.1, -0.05) is 6.92 Å². The number of hydrogen-bond acceptors (Lipinski definition) is 2. The first-order valence-corrected chi connectivity index (χ1v) is 4.48. The lowest BCUT2D eigenvalue weighted by Gasteiger charge is -2.30. The van der Waals surface area contributed by atoms with Crippen molar-refractivity contribution in [2.24, 2.45) is 0 Å². The van der Waals surface area contributed by atoms with Crippen LogP contribution in [-0.2, 0) is 4.74 Å². The van der Waals surface area contributed by atoms with Crippen LogP contribution in [-0.4, -0.2) is 22.4 Å². The van der Waals surface area contributed by atoms with Gasteiger partial charge in [0.05, 0.1) is 17.3 Å². The number of epoxide rings is 1. The molecule has 0 aromatic heterocycles. The predicted molar refractivity (Wildman–Crippen MR) is 42.4 cm³/mol. The van der Waals surface area contributed by atoms with Crippen LogP contribution in [0, 0.1) is 0 Å². The minimum Gasteiger partial charge on any atom is -0.390 e. The molecule has 1 aliphatic carbocycles. The summed E-state index contributed by atoms with van der Waals surface area (Å²) in [7, 11) is 0. The van der Waals surface area contributed by atoms with E-state index in [1.165, 1.54) is 0 Å². The Morgan fingerprint density at radius 2 is 2.27 bits per heavy atom. The standard InChI is InChI=1S/C9H16O2/c1-3-9(10)5-4-8(2)7(6-9)11-8/h7,10H,3-6H2,1-2H3. The maximum absolute atomic E-state index is 9.91. The molecule has 0 aromatic carbocycles. The van der Waals surface area contributed by atoms with Gasteiger partial charge in [0.2, 0.25) is 0 Å². The molecule has 1 N–H and O–H groups in total. The molecular formula is C9H16O2. The first-order chi connectivity index (χ1) is 5.08. The van der Waals surface area contributed by atoms with Crippen LogP contribution < -0.4 is 0 Å². The summed E-state index contributed by atoms with van der Waals surface area (Å²) in [6, 6.07) is 0. The minimum absolute atomic E-state index is 0.140. The predicted octanol–water partition coefficient (Wildman–Crippen LogP) is 1.47. The second kappa shape index (κ2) is 1.99. The molecule has 1 aliphatic heterocycles. The SMILES string of the molecule is CCC1(O)CCC2(C)OC2C1. The number of hydrogen-bond donors (Lipinski definition) is 1. The number of rotatable bonds is 1. The molecule has 3 unspecified atom stereocenters. The average molecular weight is 156 g/mol. The van der Waals surface area contributed by atoms with Crippen LogP contribution in [0.1, 0.15) is 39.5 Å². The molecule has 1 heterocycles. The normalized spacial score (nSPS) is 55.4. The van der Waals surface area contributed by atoms with Crippen molar-refractivity contribution in [1.82, 2.24) is 0 Å². The zero-order valence-electron chi connectivity index (χ0n) is 7.26. The zero-order valence-corrected chi connectivity index (χ0v) is 7.26. The Labute approximate surface area is 67.6 Å². The number of aliphatic hydroxyl groups is 1. The van der Waals surface area contributed by atoms with Gasteiger partial charge in [0.1, 0.15) is 0 Å². The summed E-state index contributed by atoms with van der Waals surface area (Å²) in [4.78, 5) is 0. The highest BCUT2D eigenvalue weighted by atomic mass is 16.6. The van der Waals surface area contributed by atoms with Gasteiger partial charge in [-0.25, -0.2) is 0 Å². The zero-order chi connectivity index (χ0) is 8.11. The lowest BCUT2D eigenvalue weighted by Crippen LogP contribution is -2.36. The van der Waals surface area contributed by atoms with E-state index < -0.39 is 5.60 Å². The van der Waals surface area contributed by atoms with Gasteiger partial charge >= 0.3 is 0 Å². The van der Waals surface area contributed by atoms with E-state index in [-0.39, 0.29) is 5.60 Å². The van der Waals surface area contributed by atoms with E-state index >= 15 is 0 Å². The monoisotopic (exact) mass is 156 g/mol. The van der Waals surface area contributed by atoms with Crippen molar-refractivity contribution < 1.29 is 9.84 Å². The average Bonchev–Trinajstić information content (AvgIpc) is 2.61. The van der Waals surface area contributed by atoms with Crippen LogP contribution in [0.3, 0.4) is 0 Å². The van der Waals surface area contributed by atoms with Crippen molar-refractivity contribution in [2.75, 3.05) is 0 Å². The van der Waals surface area contributed by atoms with Crippen molar-refractivity contribution >= 4 is 0 Å². The largest absolute Gasteiger partial charge is 0.390 e. The van der Waals surface area contributed by atoms with E-state index in [0.29, 0.717) is 6.10 Å². The topological polar surface area (TPSA) is 32.8 Å². The Kier molecular flexibility index (Phi) is 1.37. The van der Waals surface area contributed by atoms with Crippen LogP contribution in [0.25, 0.3) is 0 Å². The van der Waals surface area contributed by atoms with E-state index in [4.69, 9.17) is 4.74 Å². The van der Waals surface area contributed by atoms with E-state index in [1.807, 2.05) is 6.92 Å². The second-order valence-corrected chi connectivity index (χ2v) is 4.20. The summed E-state index contributed by atoms with van der Waals surface area (Å²) in [5.41, 5.74) is -0.276. The van der Waals surface area contributed by atoms with Crippen molar-refractivity contribution in [3.8, 4) is 0 Å². The molecule has 2 rings (SSSR count). The first-order valence-electron chi connectivity index (χ1n) is 4.48. The summed E-state index contributed by atoms with van der Waals surface area (Å²) in [5, 5.41) is 9.91. The number of fused-ring (bicyclic) bond motifs is 1. The molecule has 0 aromatic rings. The lowest BCUT2D eigenvalue weighted by molar-refractivity contribution is 0.00271. The quantitative estimate of drug-likeness (QED) is 0.583. The van der Waals surface area contributed by atoms with Crippen LogP contribution in [0.4, 0.5) is 0 Å². The molecular weight excluding hydrogens is 140 g/mol. The van der Waals surface area contributed by atoms with Crippen molar-refractivity contribution in [2.45, 2.75) is 56.8 Å². The molecule has 2 nitrogen and oxygen atoms in total. The lowest BCUT2D eigenvalue weighted by atomic mass is 9.78. The molecule has 1 saturated heterocycles. The molecule has 11 heavy (non-hydrogen) atoms. The van der Waals surface area contributed by atoms with Gasteiger partial charge in [-0.3, -0.25) is 0 Å². The fourth-order valence-corrected chi connectivity index (χ4v) is 2.02. The summed E-state index contributed by atoms with van der Waals surface area (Å²) >= 11 is 0. The molecule has 2 heteroatoms. The van der Waals surface area contributed by atoms with Gasteiger partial charge < -0.3 is 9.84 Å². The molecule has 2 fully saturated rings. The van der Waals surface area contributed by atoms with Crippen LogP contribution >= 0.6 is 0 Å². The van der Waals surface area contributed by atoms with E-state index in [0.717, 1.165) is 25.7 Å². The van der Waals surface area contributed by atoms with Gasteiger partial charge in [0, 0.05) is 6.42 Å². The molecule has 3 atom stereocenters. The summed E-state index contributed by atoms with van der Waals surface area (Å²) in [6.45, 7) is 4.19. The minimum atomic E-state index is -0.416. The number of ether oxygens (including phenoxy) is 1. The highest BCUT2D eigenvalue weighted by molar-refractivity contribution is 5.07. The molecule has 0 spiro atoms.